The molecule has 0 saturated carbocycles. The van der Waals surface area contributed by atoms with Gasteiger partial charge in [0.15, 0.2) is 5.78 Å². The summed E-state index contributed by atoms with van der Waals surface area (Å²) < 4.78 is 11.1. The number of rotatable bonds is 11. The van der Waals surface area contributed by atoms with Crippen molar-refractivity contribution in [3.8, 4) is 11.5 Å². The largest absolute Gasteiger partial charge is 0.494 e. The van der Waals surface area contributed by atoms with Crippen molar-refractivity contribution in [2.45, 2.75) is 40.5 Å². The highest BCUT2D eigenvalue weighted by Gasteiger charge is 2.16. The number of hydrogen-bond acceptors (Lipinski definition) is 4. The summed E-state index contributed by atoms with van der Waals surface area (Å²) in [7, 11) is 0. The Morgan fingerprint density at radius 1 is 1.00 bits per heavy atom. The van der Waals surface area contributed by atoms with Crippen LogP contribution in [0.3, 0.4) is 0 Å². The van der Waals surface area contributed by atoms with Crippen LogP contribution in [0.2, 0.25) is 0 Å². The standard InChI is InChI=1S/C18H29NO3/c1-5-11-19(12-6-2)14-17(20)16-10-9-15(21-7-3)13-18(16)22-8-4/h9-10,13H,5-8,11-12,14H2,1-4H3. The van der Waals surface area contributed by atoms with Crippen molar-refractivity contribution in [2.75, 3.05) is 32.8 Å². The molecule has 124 valence electrons. The highest BCUT2D eigenvalue weighted by atomic mass is 16.5. The fraction of sp³-hybridized carbons (Fsp3) is 0.611. The number of carbonyl (C=O) groups is 1. The number of Topliss-reactive ketones (excluding diaryl/α,β-unsaturated/α-hetero) is 1. The molecular formula is C18H29NO3. The van der Waals surface area contributed by atoms with Gasteiger partial charge in [0.2, 0.25) is 0 Å². The maximum atomic E-state index is 12.6. The molecule has 22 heavy (non-hydrogen) atoms. The second kappa shape index (κ2) is 10.2. The molecule has 4 nitrogen and oxygen atoms in total. The van der Waals surface area contributed by atoms with Crippen molar-refractivity contribution in [3.05, 3.63) is 23.8 Å². The Kier molecular flexibility index (Phi) is 8.60. The molecule has 0 atom stereocenters. The lowest BCUT2D eigenvalue weighted by molar-refractivity contribution is 0.0927. The molecular weight excluding hydrogens is 278 g/mol. The first-order chi connectivity index (χ1) is 10.7. The Balaban J connectivity index is 2.90. The first-order valence-electron chi connectivity index (χ1n) is 8.31. The quantitative estimate of drug-likeness (QED) is 0.583. The average molecular weight is 307 g/mol. The molecule has 0 spiro atoms. The number of ether oxygens (including phenoxy) is 2. The number of ketones is 1. The van der Waals surface area contributed by atoms with Gasteiger partial charge in [-0.3, -0.25) is 9.69 Å². The van der Waals surface area contributed by atoms with Crippen LogP contribution in [-0.2, 0) is 0 Å². The van der Waals surface area contributed by atoms with Crippen molar-refractivity contribution >= 4 is 5.78 Å². The van der Waals surface area contributed by atoms with E-state index in [2.05, 4.69) is 18.7 Å². The van der Waals surface area contributed by atoms with E-state index in [4.69, 9.17) is 9.47 Å². The second-order valence-corrected chi connectivity index (χ2v) is 5.22. The summed E-state index contributed by atoms with van der Waals surface area (Å²) in [4.78, 5) is 14.8. The molecule has 0 heterocycles. The van der Waals surface area contributed by atoms with Gasteiger partial charge in [-0.05, 0) is 51.9 Å². The summed E-state index contributed by atoms with van der Waals surface area (Å²) >= 11 is 0. The van der Waals surface area contributed by atoms with E-state index in [0.29, 0.717) is 31.1 Å². The third-order valence-corrected chi connectivity index (χ3v) is 3.31. The summed E-state index contributed by atoms with van der Waals surface area (Å²) in [6.45, 7) is 11.6. The molecule has 0 aliphatic carbocycles. The predicted molar refractivity (Wildman–Crippen MR) is 90.1 cm³/mol. The Bertz CT molecular complexity index is 454. The van der Waals surface area contributed by atoms with Crippen molar-refractivity contribution in [1.29, 1.82) is 0 Å². The summed E-state index contributed by atoms with van der Waals surface area (Å²) in [5.41, 5.74) is 0.641. The zero-order valence-corrected chi connectivity index (χ0v) is 14.4. The molecule has 0 aromatic heterocycles. The van der Waals surface area contributed by atoms with Gasteiger partial charge in [-0.2, -0.15) is 0 Å². The van der Waals surface area contributed by atoms with Gasteiger partial charge >= 0.3 is 0 Å². The third kappa shape index (κ3) is 5.68. The van der Waals surface area contributed by atoms with Crippen LogP contribution in [0.5, 0.6) is 11.5 Å². The van der Waals surface area contributed by atoms with E-state index in [9.17, 15) is 4.79 Å². The Morgan fingerprint density at radius 3 is 2.18 bits per heavy atom. The lowest BCUT2D eigenvalue weighted by Crippen LogP contribution is -2.31. The summed E-state index contributed by atoms with van der Waals surface area (Å²) in [5, 5.41) is 0. The number of carbonyl (C=O) groups excluding carboxylic acids is 1. The smallest absolute Gasteiger partial charge is 0.180 e. The van der Waals surface area contributed by atoms with Crippen LogP contribution in [-0.4, -0.2) is 43.5 Å². The summed E-state index contributed by atoms with van der Waals surface area (Å²) in [5.74, 6) is 1.46. The van der Waals surface area contributed by atoms with Crippen molar-refractivity contribution in [1.82, 2.24) is 4.90 Å². The molecule has 0 unspecified atom stereocenters. The lowest BCUT2D eigenvalue weighted by Gasteiger charge is -2.20. The van der Waals surface area contributed by atoms with E-state index < -0.39 is 0 Å². The van der Waals surface area contributed by atoms with Crippen LogP contribution in [0.25, 0.3) is 0 Å². The highest BCUT2D eigenvalue weighted by Crippen LogP contribution is 2.26. The average Bonchev–Trinajstić information content (AvgIpc) is 2.48. The predicted octanol–water partition coefficient (Wildman–Crippen LogP) is 3.79. The molecule has 0 amide bonds. The van der Waals surface area contributed by atoms with E-state index in [1.807, 2.05) is 32.0 Å². The fourth-order valence-corrected chi connectivity index (χ4v) is 2.46. The van der Waals surface area contributed by atoms with Gasteiger partial charge < -0.3 is 9.47 Å². The zero-order valence-electron chi connectivity index (χ0n) is 14.4. The van der Waals surface area contributed by atoms with Gasteiger partial charge in [0.25, 0.3) is 0 Å². The molecule has 0 radical (unpaired) electrons. The van der Waals surface area contributed by atoms with Crippen LogP contribution < -0.4 is 9.47 Å². The first kappa shape index (κ1) is 18.5. The first-order valence-corrected chi connectivity index (χ1v) is 8.31. The van der Waals surface area contributed by atoms with Crippen LogP contribution in [0.4, 0.5) is 0 Å². The molecule has 0 N–H and O–H groups in total. The monoisotopic (exact) mass is 307 g/mol. The lowest BCUT2D eigenvalue weighted by atomic mass is 10.1. The molecule has 1 rings (SSSR count). The summed E-state index contributed by atoms with van der Waals surface area (Å²) in [6.07, 6.45) is 2.10. The van der Waals surface area contributed by atoms with Crippen molar-refractivity contribution < 1.29 is 14.3 Å². The van der Waals surface area contributed by atoms with Crippen molar-refractivity contribution in [3.63, 3.8) is 0 Å². The van der Waals surface area contributed by atoms with E-state index in [1.54, 1.807) is 0 Å². The molecule has 0 fully saturated rings. The van der Waals surface area contributed by atoms with Crippen molar-refractivity contribution in [2.24, 2.45) is 0 Å². The van der Waals surface area contributed by atoms with Gasteiger partial charge in [-0.15, -0.1) is 0 Å². The molecule has 1 aromatic rings. The van der Waals surface area contributed by atoms with E-state index in [1.165, 1.54) is 0 Å². The summed E-state index contributed by atoms with van der Waals surface area (Å²) in [6, 6.07) is 5.46. The van der Waals surface area contributed by atoms with Gasteiger partial charge in [0.1, 0.15) is 11.5 Å². The Morgan fingerprint density at radius 2 is 1.64 bits per heavy atom. The van der Waals surface area contributed by atoms with Crippen LogP contribution >= 0.6 is 0 Å². The molecule has 0 saturated heterocycles. The minimum atomic E-state index is 0.105. The van der Waals surface area contributed by atoms with Gasteiger partial charge in [-0.1, -0.05) is 13.8 Å². The number of nitrogens with zero attached hydrogens (tertiary/aromatic N) is 1. The van der Waals surface area contributed by atoms with Crippen LogP contribution in [0.15, 0.2) is 18.2 Å². The van der Waals surface area contributed by atoms with Gasteiger partial charge in [0, 0.05) is 6.07 Å². The highest BCUT2D eigenvalue weighted by molar-refractivity contribution is 6.00. The van der Waals surface area contributed by atoms with Crippen LogP contribution in [0.1, 0.15) is 50.9 Å². The normalized spacial score (nSPS) is 10.8. The molecule has 4 heteroatoms. The van der Waals surface area contributed by atoms with Crippen LogP contribution in [0, 0.1) is 0 Å². The number of hydrogen-bond donors (Lipinski definition) is 0. The molecule has 0 bridgehead atoms. The Labute approximate surface area is 134 Å². The van der Waals surface area contributed by atoms with E-state index >= 15 is 0 Å². The minimum Gasteiger partial charge on any atom is -0.494 e. The number of benzene rings is 1. The minimum absolute atomic E-state index is 0.105. The molecule has 0 aliphatic rings. The van der Waals surface area contributed by atoms with E-state index in [-0.39, 0.29) is 5.78 Å². The van der Waals surface area contributed by atoms with Gasteiger partial charge in [0.05, 0.1) is 25.3 Å². The van der Waals surface area contributed by atoms with E-state index in [0.717, 1.165) is 31.7 Å². The third-order valence-electron chi connectivity index (χ3n) is 3.31. The zero-order chi connectivity index (χ0) is 16.4. The topological polar surface area (TPSA) is 38.8 Å². The Hall–Kier alpha value is -1.55. The molecule has 0 aliphatic heterocycles. The maximum absolute atomic E-state index is 12.6. The van der Waals surface area contributed by atoms with Gasteiger partial charge in [-0.25, -0.2) is 0 Å². The SMILES string of the molecule is CCCN(CCC)CC(=O)c1ccc(OCC)cc1OCC. The second-order valence-electron chi connectivity index (χ2n) is 5.22. The fourth-order valence-electron chi connectivity index (χ4n) is 2.46. The maximum Gasteiger partial charge on any atom is 0.180 e. The molecule has 1 aromatic carbocycles.